The van der Waals surface area contributed by atoms with Gasteiger partial charge >= 0.3 is 15.6 Å². The quantitative estimate of drug-likeness (QED) is 0.358. The number of hydrogen-bond donors (Lipinski definition) is 0. The van der Waals surface area contributed by atoms with Crippen LogP contribution in [0.2, 0.25) is 0 Å². The van der Waals surface area contributed by atoms with Crippen molar-refractivity contribution in [3.8, 4) is 0 Å². The van der Waals surface area contributed by atoms with Crippen molar-refractivity contribution in [3.63, 3.8) is 0 Å². The summed E-state index contributed by atoms with van der Waals surface area (Å²) in [6.07, 6.45) is 3.67. The number of phosphoric acid groups is 2. The summed E-state index contributed by atoms with van der Waals surface area (Å²) in [7, 11) is -6.89. The maximum atomic E-state index is 12.3. The van der Waals surface area contributed by atoms with E-state index in [9.17, 15) is 9.13 Å². The van der Waals surface area contributed by atoms with Crippen molar-refractivity contribution in [1.82, 2.24) is 0 Å². The number of rotatable bonds is 14. The molecule has 26 heavy (non-hydrogen) atoms. The molecule has 1 aliphatic carbocycles. The highest BCUT2D eigenvalue weighted by Gasteiger charge is 2.31. The van der Waals surface area contributed by atoms with Crippen molar-refractivity contribution >= 4 is 15.6 Å². The molecule has 0 radical (unpaired) electrons. The predicted octanol–water partition coefficient (Wildman–Crippen LogP) is 5.19. The molecule has 0 unspecified atom stereocenters. The molecule has 156 valence electrons. The largest absolute Gasteiger partial charge is 0.474 e. The zero-order valence-corrected chi connectivity index (χ0v) is 18.2. The molecule has 0 aromatic rings. The molecule has 0 heterocycles. The number of hydrogen-bond acceptors (Lipinski definition) is 8. The van der Waals surface area contributed by atoms with Gasteiger partial charge in [-0.3, -0.25) is 27.1 Å². The molecule has 0 atom stereocenters. The Balaban J connectivity index is 2.35. The molecule has 0 bridgehead atoms. The molecular formula is C16H34O8P2. The Kier molecular flexibility index (Phi) is 11.8. The van der Waals surface area contributed by atoms with E-state index in [0.29, 0.717) is 25.0 Å². The summed E-state index contributed by atoms with van der Waals surface area (Å²) in [5.74, 6) is 0.595. The van der Waals surface area contributed by atoms with Crippen LogP contribution in [-0.4, -0.2) is 39.6 Å². The fourth-order valence-electron chi connectivity index (χ4n) is 2.81. The van der Waals surface area contributed by atoms with E-state index < -0.39 is 15.6 Å². The van der Waals surface area contributed by atoms with Crippen LogP contribution >= 0.6 is 15.6 Å². The highest BCUT2D eigenvalue weighted by molar-refractivity contribution is 7.48. The molecule has 1 aliphatic rings. The fourth-order valence-corrected chi connectivity index (χ4v) is 5.31. The summed E-state index contributed by atoms with van der Waals surface area (Å²) < 4.78 is 56.1. The first-order valence-corrected chi connectivity index (χ1v) is 12.4. The average molecular weight is 416 g/mol. The minimum atomic E-state index is -3.45. The lowest BCUT2D eigenvalue weighted by atomic mass is 9.83. The molecule has 0 amide bonds. The van der Waals surface area contributed by atoms with Gasteiger partial charge in [0.15, 0.2) is 0 Å². The summed E-state index contributed by atoms with van der Waals surface area (Å²) in [6.45, 7) is 8.83. The van der Waals surface area contributed by atoms with Crippen molar-refractivity contribution < 1.29 is 36.3 Å². The Morgan fingerprint density at radius 2 is 0.846 bits per heavy atom. The minimum absolute atomic E-state index is 0.279. The monoisotopic (exact) mass is 416 g/mol. The lowest BCUT2D eigenvalue weighted by molar-refractivity contribution is 0.0757. The maximum absolute atomic E-state index is 12.3. The van der Waals surface area contributed by atoms with Crippen LogP contribution in [0.5, 0.6) is 0 Å². The molecule has 10 heteroatoms. The van der Waals surface area contributed by atoms with Crippen LogP contribution in [0.15, 0.2) is 0 Å². The van der Waals surface area contributed by atoms with Gasteiger partial charge in [-0.2, -0.15) is 0 Å². The Morgan fingerprint density at radius 3 is 1.08 bits per heavy atom. The summed E-state index contributed by atoms with van der Waals surface area (Å²) >= 11 is 0. The van der Waals surface area contributed by atoms with Gasteiger partial charge in [0, 0.05) is 0 Å². The Labute approximate surface area is 157 Å². The summed E-state index contributed by atoms with van der Waals surface area (Å²) in [6, 6.07) is 0. The third-order valence-corrected chi connectivity index (χ3v) is 7.28. The molecular weight excluding hydrogens is 382 g/mol. The predicted molar refractivity (Wildman–Crippen MR) is 99.1 cm³/mol. The first-order valence-electron chi connectivity index (χ1n) is 9.47. The van der Waals surface area contributed by atoms with E-state index in [0.717, 1.165) is 25.7 Å². The molecule has 0 aromatic carbocycles. The average Bonchev–Trinajstić information content (AvgIpc) is 2.60. The Morgan fingerprint density at radius 1 is 0.577 bits per heavy atom. The first kappa shape index (κ1) is 24.3. The van der Waals surface area contributed by atoms with E-state index in [2.05, 4.69) is 0 Å². The highest BCUT2D eigenvalue weighted by Crippen LogP contribution is 2.51. The number of phosphoric ester groups is 2. The molecule has 0 saturated heterocycles. The lowest BCUT2D eigenvalue weighted by Gasteiger charge is -2.29. The molecule has 0 N–H and O–H groups in total. The highest BCUT2D eigenvalue weighted by atomic mass is 31.2. The van der Waals surface area contributed by atoms with Gasteiger partial charge in [0.2, 0.25) is 0 Å². The summed E-state index contributed by atoms with van der Waals surface area (Å²) in [5.41, 5.74) is 0. The molecule has 1 fully saturated rings. The second kappa shape index (κ2) is 12.6. The van der Waals surface area contributed by atoms with Crippen LogP contribution in [-0.2, 0) is 36.3 Å². The molecule has 1 saturated carbocycles. The van der Waals surface area contributed by atoms with Crippen LogP contribution in [0.3, 0.4) is 0 Å². The van der Waals surface area contributed by atoms with E-state index >= 15 is 0 Å². The van der Waals surface area contributed by atoms with Crippen LogP contribution < -0.4 is 0 Å². The van der Waals surface area contributed by atoms with Gasteiger partial charge in [-0.1, -0.05) is 0 Å². The van der Waals surface area contributed by atoms with Gasteiger partial charge in [-0.05, 0) is 65.2 Å². The Hall–Kier alpha value is 0.220. The van der Waals surface area contributed by atoms with E-state index in [-0.39, 0.29) is 26.4 Å². The topological polar surface area (TPSA) is 89.5 Å². The fraction of sp³-hybridized carbons (Fsp3) is 1.00. The van der Waals surface area contributed by atoms with Crippen LogP contribution in [0.1, 0.15) is 53.4 Å². The lowest BCUT2D eigenvalue weighted by Crippen LogP contribution is -2.21. The second-order valence-electron chi connectivity index (χ2n) is 6.04. The normalized spacial score (nSPS) is 21.8. The van der Waals surface area contributed by atoms with E-state index in [4.69, 9.17) is 27.1 Å². The van der Waals surface area contributed by atoms with Gasteiger partial charge in [-0.25, -0.2) is 9.13 Å². The molecule has 1 rings (SSSR count). The third-order valence-electron chi connectivity index (χ3n) is 4.05. The van der Waals surface area contributed by atoms with E-state index in [1.54, 1.807) is 27.7 Å². The van der Waals surface area contributed by atoms with Crippen molar-refractivity contribution in [2.45, 2.75) is 53.4 Å². The second-order valence-corrected chi connectivity index (χ2v) is 9.38. The zero-order chi connectivity index (χ0) is 19.5. The molecule has 0 spiro atoms. The van der Waals surface area contributed by atoms with Crippen LogP contribution in [0, 0.1) is 11.8 Å². The van der Waals surface area contributed by atoms with Crippen LogP contribution in [0.4, 0.5) is 0 Å². The van der Waals surface area contributed by atoms with E-state index in [1.807, 2.05) is 0 Å². The third kappa shape index (κ3) is 8.94. The molecule has 0 aromatic heterocycles. The van der Waals surface area contributed by atoms with Crippen molar-refractivity contribution in [2.24, 2.45) is 11.8 Å². The zero-order valence-electron chi connectivity index (χ0n) is 16.4. The first-order chi connectivity index (χ1) is 12.4. The van der Waals surface area contributed by atoms with Gasteiger partial charge in [0.05, 0.1) is 39.6 Å². The van der Waals surface area contributed by atoms with Crippen LogP contribution in [0.25, 0.3) is 0 Å². The van der Waals surface area contributed by atoms with Crippen molar-refractivity contribution in [3.05, 3.63) is 0 Å². The molecule has 8 nitrogen and oxygen atoms in total. The smallest absolute Gasteiger partial charge is 0.287 e. The maximum Gasteiger partial charge on any atom is 0.474 e. The van der Waals surface area contributed by atoms with Gasteiger partial charge < -0.3 is 0 Å². The summed E-state index contributed by atoms with van der Waals surface area (Å²) in [5, 5.41) is 0. The SMILES string of the molecule is CCOP(=O)(OCC)OCC1CCC(COP(=O)(OCC)OCC)CC1. The minimum Gasteiger partial charge on any atom is -0.287 e. The summed E-state index contributed by atoms with van der Waals surface area (Å²) in [4.78, 5) is 0. The van der Waals surface area contributed by atoms with Gasteiger partial charge in [0.25, 0.3) is 0 Å². The van der Waals surface area contributed by atoms with Crippen molar-refractivity contribution in [1.29, 1.82) is 0 Å². The van der Waals surface area contributed by atoms with Crippen molar-refractivity contribution in [2.75, 3.05) is 39.6 Å². The van der Waals surface area contributed by atoms with Gasteiger partial charge in [-0.15, -0.1) is 0 Å². The molecule has 0 aliphatic heterocycles. The van der Waals surface area contributed by atoms with E-state index in [1.165, 1.54) is 0 Å². The standard InChI is InChI=1S/C16H34O8P2/c1-5-19-25(17,20-6-2)23-13-15-9-11-16(12-10-15)14-24-26(18,21-7-3)22-8-4/h15-16H,5-14H2,1-4H3. The Bertz CT molecular complexity index is 403. The van der Waals surface area contributed by atoms with Gasteiger partial charge in [0.1, 0.15) is 0 Å².